The van der Waals surface area contributed by atoms with Crippen molar-refractivity contribution >= 4 is 174 Å². The van der Waals surface area contributed by atoms with Crippen LogP contribution in [0, 0.1) is 20.8 Å². The summed E-state index contributed by atoms with van der Waals surface area (Å²) in [6, 6.07) is 142. The predicted molar refractivity (Wildman–Crippen MR) is 475 cm³/mol. The van der Waals surface area contributed by atoms with Gasteiger partial charge in [-0.1, -0.05) is 235 Å². The van der Waals surface area contributed by atoms with Gasteiger partial charge in [0.15, 0.2) is 0 Å². The van der Waals surface area contributed by atoms with Crippen LogP contribution in [0.25, 0.3) is 106 Å². The van der Waals surface area contributed by atoms with Crippen LogP contribution in [0.15, 0.2) is 382 Å². The van der Waals surface area contributed by atoms with Crippen molar-refractivity contribution < 1.29 is 0 Å². The molecule has 0 atom stereocenters. The zero-order valence-corrected chi connectivity index (χ0v) is 62.8. The summed E-state index contributed by atoms with van der Waals surface area (Å²) in [6.07, 6.45) is 0.759. The zero-order chi connectivity index (χ0) is 73.3. The molecule has 18 aromatic carbocycles. The van der Waals surface area contributed by atoms with Gasteiger partial charge in [0.1, 0.15) is 0 Å². The summed E-state index contributed by atoms with van der Waals surface area (Å²) in [7, 11) is 0. The predicted octanol–water partition coefficient (Wildman–Crippen LogP) is 30.8. The van der Waals surface area contributed by atoms with Crippen molar-refractivity contribution in [2.45, 2.75) is 27.2 Å². The molecule has 0 unspecified atom stereocenters. The first-order valence-corrected chi connectivity index (χ1v) is 39.4. The summed E-state index contributed by atoms with van der Waals surface area (Å²) in [6.45, 7) is 6.46. The number of nitrogens with zero attached hydrogens (tertiary/aromatic N) is 4. The fraction of sp³-hybridized carbons (Fsp3) is 0.0385. The van der Waals surface area contributed by atoms with Gasteiger partial charge in [0.05, 0.1) is 11.4 Å². The summed E-state index contributed by atoms with van der Waals surface area (Å²) >= 11 is 3.76. The largest absolute Gasteiger partial charge is 0.310 e. The van der Waals surface area contributed by atoms with Crippen molar-refractivity contribution in [3.8, 4) is 22.3 Å². The second kappa shape index (κ2) is 27.8. The third-order valence-corrected chi connectivity index (χ3v) is 24.2. The Morgan fingerprint density at radius 1 is 0.209 bits per heavy atom. The van der Waals surface area contributed by atoms with E-state index in [0.29, 0.717) is 0 Å². The van der Waals surface area contributed by atoms with Crippen molar-refractivity contribution in [2.75, 3.05) is 19.6 Å². The topological polar surface area (TPSA) is 13.0 Å². The van der Waals surface area contributed by atoms with Crippen LogP contribution < -0.4 is 19.6 Å². The van der Waals surface area contributed by atoms with Crippen molar-refractivity contribution in [1.82, 2.24) is 0 Å². The number of rotatable bonds is 16. The first-order chi connectivity index (χ1) is 54.2. The molecule has 0 saturated heterocycles. The van der Waals surface area contributed by atoms with Crippen LogP contribution >= 0.6 is 22.7 Å². The molecule has 20 rings (SSSR count). The highest BCUT2D eigenvalue weighted by Gasteiger charge is 2.25. The molecule has 2 heterocycles. The van der Waals surface area contributed by atoms with Crippen molar-refractivity contribution in [2.24, 2.45) is 0 Å². The van der Waals surface area contributed by atoms with Gasteiger partial charge in [-0.05, 0) is 256 Å². The molecule has 4 nitrogen and oxygen atoms in total. The van der Waals surface area contributed by atoms with E-state index in [4.69, 9.17) is 0 Å². The van der Waals surface area contributed by atoms with Crippen molar-refractivity contribution in [3.05, 3.63) is 410 Å². The molecule has 0 aliphatic rings. The van der Waals surface area contributed by atoms with E-state index < -0.39 is 0 Å². The molecule has 522 valence electrons. The summed E-state index contributed by atoms with van der Waals surface area (Å²) in [5, 5.41) is 15.0. The molecule has 110 heavy (non-hydrogen) atoms. The molecule has 0 saturated carbocycles. The van der Waals surface area contributed by atoms with Crippen LogP contribution in [0.4, 0.5) is 68.2 Å². The van der Waals surface area contributed by atoms with Gasteiger partial charge in [-0.3, -0.25) is 0 Å². The fourth-order valence-corrected chi connectivity index (χ4v) is 18.9. The SMILES string of the molecule is Cc1ccc(N(c2ccc(C)cc2)c2ccc3c(ccc4sc5ccc6cc(N(c7ccc(C)cc7)c7ccc(Cc8ccc(N(c9ccccc9)c9ccc%10c(ccc%11sc%12ccc%13cc(N(c%14ccccc%14)c%14ccccc%14-c%14ccccc%14)ccc%13c%12c%11%10)c9)c(-c9ccccc9)c8)cc7)ccc6c5c43)c2)cc1. The highest BCUT2D eigenvalue weighted by molar-refractivity contribution is 7.26. The van der Waals surface area contributed by atoms with Crippen LogP contribution in [-0.2, 0) is 6.42 Å². The lowest BCUT2D eigenvalue weighted by molar-refractivity contribution is 1.18. The second-order valence-corrected chi connectivity index (χ2v) is 31.2. The molecule has 0 aliphatic heterocycles. The fourth-order valence-electron chi connectivity index (χ4n) is 16.6. The number of fused-ring (bicyclic) bond motifs is 14. The van der Waals surface area contributed by atoms with Gasteiger partial charge in [-0.25, -0.2) is 0 Å². The number of hydrogen-bond donors (Lipinski definition) is 0. The Morgan fingerprint density at radius 3 is 0.882 bits per heavy atom. The minimum Gasteiger partial charge on any atom is -0.310 e. The van der Waals surface area contributed by atoms with E-state index >= 15 is 0 Å². The molecular formula is C104H74N4S2. The Morgan fingerprint density at radius 2 is 0.500 bits per heavy atom. The highest BCUT2D eigenvalue weighted by Crippen LogP contribution is 2.50. The molecule has 6 heteroatoms. The standard InChI is InChI=1S/C104H74N4S2/c1-68-28-41-81(42-29-68)105(82-43-30-69(2)31-44-82)85-49-53-90-75(64-85)37-58-97-101(90)102-91-54-50-86(65-76(91)38-59-98(102)109-97)106(83-45-32-70(3)33-46-83)84-47-34-71(35-48-84)62-72-36-57-96(94(63-72)74-20-10-5-11-21-74)108(80-24-14-7-15-25-80)88-52-56-93-78(67-88)40-61-100-104(93)103-92-55-51-87(66-77(92)39-60-99(103)110-100)107(79-22-12-6-13-23-79)95-27-17-16-26-89(95)73-18-8-4-9-19-73/h4-61,63-67H,62H2,1-3H3. The number of benzene rings is 18. The van der Waals surface area contributed by atoms with Gasteiger partial charge in [0, 0.05) is 108 Å². The number of anilines is 12. The van der Waals surface area contributed by atoms with E-state index in [1.807, 2.05) is 22.7 Å². The lowest BCUT2D eigenvalue weighted by Gasteiger charge is -2.29. The van der Waals surface area contributed by atoms with Gasteiger partial charge in [-0.2, -0.15) is 0 Å². The normalized spacial score (nSPS) is 11.6. The smallest absolute Gasteiger partial charge is 0.0540 e. The number of hydrogen-bond acceptors (Lipinski definition) is 6. The number of para-hydroxylation sites is 3. The maximum absolute atomic E-state index is 2.45. The summed E-state index contributed by atoms with van der Waals surface area (Å²) in [5.74, 6) is 0. The first kappa shape index (κ1) is 66.1. The van der Waals surface area contributed by atoms with Gasteiger partial charge in [0.25, 0.3) is 0 Å². The van der Waals surface area contributed by atoms with Gasteiger partial charge in [0.2, 0.25) is 0 Å². The molecule has 0 amide bonds. The van der Waals surface area contributed by atoms with E-state index in [2.05, 4.69) is 423 Å². The maximum Gasteiger partial charge on any atom is 0.0540 e. The van der Waals surface area contributed by atoms with Gasteiger partial charge in [-0.15, -0.1) is 22.7 Å². The van der Waals surface area contributed by atoms with Gasteiger partial charge < -0.3 is 19.6 Å². The van der Waals surface area contributed by atoms with E-state index in [-0.39, 0.29) is 0 Å². The molecule has 0 spiro atoms. The van der Waals surface area contributed by atoms with Crippen LogP contribution in [-0.4, -0.2) is 0 Å². The van der Waals surface area contributed by atoms with E-state index in [1.165, 1.54) is 128 Å². The molecular weight excluding hydrogens is 1370 g/mol. The van der Waals surface area contributed by atoms with Crippen LogP contribution in [0.5, 0.6) is 0 Å². The molecule has 0 radical (unpaired) electrons. The Balaban J connectivity index is 0.630. The quantitative estimate of drug-likeness (QED) is 0.0956. The summed E-state index contributed by atoms with van der Waals surface area (Å²) in [4.78, 5) is 9.63. The van der Waals surface area contributed by atoms with E-state index in [9.17, 15) is 0 Å². The summed E-state index contributed by atoms with van der Waals surface area (Å²) < 4.78 is 5.15. The molecule has 0 aliphatic carbocycles. The zero-order valence-electron chi connectivity index (χ0n) is 61.2. The highest BCUT2D eigenvalue weighted by atomic mass is 32.1. The van der Waals surface area contributed by atoms with Crippen LogP contribution in [0.3, 0.4) is 0 Å². The number of aryl methyl sites for hydroxylation is 3. The average molecular weight is 1440 g/mol. The lowest BCUT2D eigenvalue weighted by Crippen LogP contribution is -2.11. The van der Waals surface area contributed by atoms with Crippen LogP contribution in [0.1, 0.15) is 27.8 Å². The molecule has 0 bridgehead atoms. The third kappa shape index (κ3) is 12.0. The Kier molecular flexibility index (Phi) is 16.7. The minimum atomic E-state index is 0.759. The molecule has 20 aromatic rings. The van der Waals surface area contributed by atoms with Crippen molar-refractivity contribution in [1.29, 1.82) is 0 Å². The maximum atomic E-state index is 2.45. The monoisotopic (exact) mass is 1440 g/mol. The molecule has 0 N–H and O–H groups in total. The van der Waals surface area contributed by atoms with Crippen molar-refractivity contribution in [3.63, 3.8) is 0 Å². The molecule has 2 aromatic heterocycles. The van der Waals surface area contributed by atoms with Crippen LogP contribution in [0.2, 0.25) is 0 Å². The summed E-state index contributed by atoms with van der Waals surface area (Å²) in [5.41, 5.74) is 24.2. The molecule has 0 fully saturated rings. The lowest BCUT2D eigenvalue weighted by atomic mass is 9.95. The minimum absolute atomic E-state index is 0.759. The first-order valence-electron chi connectivity index (χ1n) is 37.8. The number of thiophene rings is 2. The van der Waals surface area contributed by atoms with E-state index in [1.54, 1.807) is 0 Å². The second-order valence-electron chi connectivity index (χ2n) is 29.0. The van der Waals surface area contributed by atoms with Gasteiger partial charge >= 0.3 is 0 Å². The third-order valence-electron chi connectivity index (χ3n) is 22.0. The Bertz CT molecular complexity index is 6830. The average Bonchev–Trinajstić information content (AvgIpc) is 1.54. The Hall–Kier alpha value is -13.4. The van der Waals surface area contributed by atoms with E-state index in [0.717, 1.165) is 80.2 Å². The Labute approximate surface area is 648 Å².